The van der Waals surface area contributed by atoms with Gasteiger partial charge >= 0.3 is 5.63 Å². The fraction of sp³-hybridized carbons (Fsp3) is 0.467. The SMILES string of the molecule is C#CC1(O)CCC2C3CCC4=Cc5oncc5CC4(C)C3CCC21C.COc1ccc(-c2c(OC)c3c(OC)c4c(cc3oc2=O)OC(C)(C)C=C4)cc1. The van der Waals surface area contributed by atoms with Crippen LogP contribution in [0.3, 0.4) is 0 Å². The van der Waals surface area contributed by atoms with Crippen LogP contribution in [0.4, 0.5) is 0 Å². The molecule has 3 saturated carbocycles. The van der Waals surface area contributed by atoms with E-state index in [-0.39, 0.29) is 10.8 Å². The maximum absolute atomic E-state index is 12.9. The maximum Gasteiger partial charge on any atom is 0.347 e. The largest absolute Gasteiger partial charge is 0.497 e. The fourth-order valence-electron chi connectivity index (χ4n) is 10.7. The second-order valence-electron chi connectivity index (χ2n) is 16.7. The van der Waals surface area contributed by atoms with Crippen molar-refractivity contribution >= 4 is 23.1 Å². The number of aliphatic hydroxyl groups is 1. The number of fused-ring (bicyclic) bond motifs is 8. The van der Waals surface area contributed by atoms with Crippen molar-refractivity contribution in [1.29, 1.82) is 0 Å². The van der Waals surface area contributed by atoms with E-state index in [0.717, 1.165) is 49.8 Å². The minimum Gasteiger partial charge on any atom is -0.497 e. The summed E-state index contributed by atoms with van der Waals surface area (Å²) in [5, 5.41) is 15.7. The van der Waals surface area contributed by atoms with Crippen molar-refractivity contribution in [2.75, 3.05) is 21.3 Å². The summed E-state index contributed by atoms with van der Waals surface area (Å²) in [5.74, 6) is 7.83. The van der Waals surface area contributed by atoms with Crippen molar-refractivity contribution in [1.82, 2.24) is 5.16 Å². The van der Waals surface area contributed by atoms with E-state index >= 15 is 0 Å². The maximum atomic E-state index is 12.9. The summed E-state index contributed by atoms with van der Waals surface area (Å²) in [6.07, 6.45) is 21.3. The van der Waals surface area contributed by atoms with E-state index in [2.05, 4.69) is 31.0 Å². The molecule has 2 aromatic carbocycles. The molecule has 4 aromatic rings. The molecular weight excluding hydrogens is 682 g/mol. The van der Waals surface area contributed by atoms with Crippen LogP contribution in [0.2, 0.25) is 0 Å². The quantitative estimate of drug-likeness (QED) is 0.162. The number of hydrogen-bond donors (Lipinski definition) is 1. The first-order chi connectivity index (χ1) is 25.8. The molecule has 0 spiro atoms. The Morgan fingerprint density at radius 2 is 1.70 bits per heavy atom. The third kappa shape index (κ3) is 5.39. The first-order valence-electron chi connectivity index (χ1n) is 18.9. The fourth-order valence-corrected chi connectivity index (χ4v) is 10.7. The van der Waals surface area contributed by atoms with Gasteiger partial charge in [-0.1, -0.05) is 42.6 Å². The predicted molar refractivity (Wildman–Crippen MR) is 208 cm³/mol. The van der Waals surface area contributed by atoms with Gasteiger partial charge in [0.2, 0.25) is 0 Å². The number of hydrogen-bond acceptors (Lipinski definition) is 9. The zero-order chi connectivity index (χ0) is 38.2. The van der Waals surface area contributed by atoms with Crippen molar-refractivity contribution in [3.8, 4) is 46.5 Å². The second kappa shape index (κ2) is 12.8. The average molecular weight is 732 g/mol. The molecule has 0 saturated heterocycles. The van der Waals surface area contributed by atoms with Crippen LogP contribution in [0.5, 0.6) is 23.0 Å². The molecule has 1 aliphatic heterocycles. The summed E-state index contributed by atoms with van der Waals surface area (Å²) in [4.78, 5) is 12.9. The van der Waals surface area contributed by atoms with Crippen LogP contribution >= 0.6 is 0 Å². The molecule has 0 amide bonds. The van der Waals surface area contributed by atoms with E-state index in [1.165, 1.54) is 19.1 Å². The van der Waals surface area contributed by atoms with Gasteiger partial charge in [-0.05, 0) is 118 Å². The van der Waals surface area contributed by atoms with E-state index in [1.807, 2.05) is 32.2 Å². The van der Waals surface area contributed by atoms with E-state index in [4.69, 9.17) is 34.3 Å². The van der Waals surface area contributed by atoms with E-state index in [9.17, 15) is 9.90 Å². The first kappa shape index (κ1) is 36.1. The Bertz CT molecular complexity index is 2290. The lowest BCUT2D eigenvalue weighted by molar-refractivity contribution is -0.0975. The van der Waals surface area contributed by atoms with Gasteiger partial charge in [-0.25, -0.2) is 4.79 Å². The van der Waals surface area contributed by atoms with Crippen LogP contribution in [0.25, 0.3) is 34.2 Å². The number of ether oxygens (including phenoxy) is 4. The van der Waals surface area contributed by atoms with Gasteiger partial charge in [0.25, 0.3) is 0 Å². The van der Waals surface area contributed by atoms with Gasteiger partial charge in [-0.15, -0.1) is 6.42 Å². The molecule has 9 nitrogen and oxygen atoms in total. The van der Waals surface area contributed by atoms with Crippen molar-refractivity contribution in [3.05, 3.63) is 75.5 Å². The van der Waals surface area contributed by atoms with Crippen molar-refractivity contribution < 1.29 is 33.0 Å². The molecule has 1 N–H and O–H groups in total. The predicted octanol–water partition coefficient (Wildman–Crippen LogP) is 8.89. The standard InChI is InChI=1S/C23H22O6.C22H27NO2/c1-23(2)11-10-15-16(29-23)12-17-19(20(15)26-4)21(27-5)18(22(24)28-17)13-6-8-14(25-3)9-7-13;1-4-22(24)10-8-18-16-6-5-15-11-19-14(13-23-25-19)12-20(15,2)17(16)7-9-21(18,22)3/h6-12H,1-5H3;1,11,13,16-18,24H,5-10,12H2,2-3H3. The minimum atomic E-state index is -0.909. The van der Waals surface area contributed by atoms with Gasteiger partial charge in [-0.2, -0.15) is 0 Å². The summed E-state index contributed by atoms with van der Waals surface area (Å²) in [6.45, 7) is 8.61. The van der Waals surface area contributed by atoms with Crippen LogP contribution in [-0.2, 0) is 6.42 Å². The van der Waals surface area contributed by atoms with E-state index in [1.54, 1.807) is 50.1 Å². The number of benzene rings is 2. The zero-order valence-corrected chi connectivity index (χ0v) is 32.2. The normalized spacial score (nSPS) is 29.8. The molecule has 2 aromatic heterocycles. The Hall–Kier alpha value is -4.94. The van der Waals surface area contributed by atoms with E-state index < -0.39 is 16.8 Å². The molecule has 6 atom stereocenters. The molecule has 4 aliphatic carbocycles. The molecule has 0 bridgehead atoms. The number of methoxy groups -OCH3 is 3. The highest BCUT2D eigenvalue weighted by molar-refractivity contribution is 5.99. The Morgan fingerprint density at radius 3 is 2.41 bits per heavy atom. The third-order valence-electron chi connectivity index (χ3n) is 13.6. The van der Waals surface area contributed by atoms with Gasteiger partial charge < -0.3 is 33.0 Å². The summed E-state index contributed by atoms with van der Waals surface area (Å²) in [7, 11) is 4.68. The molecular formula is C45H49NO8. The molecule has 54 heavy (non-hydrogen) atoms. The highest BCUT2D eigenvalue weighted by Crippen LogP contribution is 2.67. The molecule has 282 valence electrons. The topological polar surface area (TPSA) is 113 Å². The van der Waals surface area contributed by atoms with Crippen LogP contribution in [-0.4, -0.2) is 42.8 Å². The highest BCUT2D eigenvalue weighted by atomic mass is 16.5. The number of terminal acetylenes is 1. The molecule has 9 rings (SSSR count). The van der Waals surface area contributed by atoms with Gasteiger partial charge in [-0.3, -0.25) is 0 Å². The average Bonchev–Trinajstić information content (AvgIpc) is 3.72. The number of aromatic nitrogens is 1. The Morgan fingerprint density at radius 1 is 0.963 bits per heavy atom. The van der Waals surface area contributed by atoms with Gasteiger partial charge in [0.15, 0.2) is 5.76 Å². The molecule has 9 heteroatoms. The highest BCUT2D eigenvalue weighted by Gasteiger charge is 2.63. The monoisotopic (exact) mass is 731 g/mol. The van der Waals surface area contributed by atoms with Crippen LogP contribution in [0.1, 0.15) is 83.1 Å². The van der Waals surface area contributed by atoms with Crippen LogP contribution < -0.4 is 24.6 Å². The van der Waals surface area contributed by atoms with Gasteiger partial charge in [0.1, 0.15) is 50.7 Å². The first-order valence-corrected chi connectivity index (χ1v) is 18.9. The molecule has 3 heterocycles. The van der Waals surface area contributed by atoms with Crippen LogP contribution in [0.15, 0.2) is 61.9 Å². The van der Waals surface area contributed by atoms with Crippen LogP contribution in [0, 0.1) is 40.9 Å². The summed E-state index contributed by atoms with van der Waals surface area (Å²) < 4.78 is 33.7. The molecule has 0 radical (unpaired) electrons. The summed E-state index contributed by atoms with van der Waals surface area (Å²) in [5.41, 5.74) is 3.10. The van der Waals surface area contributed by atoms with Crippen molar-refractivity contribution in [3.63, 3.8) is 0 Å². The lowest BCUT2D eigenvalue weighted by Gasteiger charge is -2.58. The zero-order valence-electron chi connectivity index (χ0n) is 32.2. The second-order valence-corrected chi connectivity index (χ2v) is 16.7. The van der Waals surface area contributed by atoms with Crippen molar-refractivity contribution in [2.24, 2.45) is 28.6 Å². The molecule has 6 unspecified atom stereocenters. The Labute approximate surface area is 316 Å². The van der Waals surface area contributed by atoms with Gasteiger partial charge in [0, 0.05) is 17.0 Å². The minimum absolute atomic E-state index is 0.114. The number of rotatable bonds is 4. The number of allylic oxidation sites excluding steroid dienone is 1. The molecule has 5 aliphatic rings. The Balaban J connectivity index is 0.000000155. The van der Waals surface area contributed by atoms with Crippen molar-refractivity contribution in [2.45, 2.75) is 83.8 Å². The van der Waals surface area contributed by atoms with E-state index in [0.29, 0.717) is 62.8 Å². The van der Waals surface area contributed by atoms with Gasteiger partial charge in [0.05, 0.1) is 33.1 Å². The lowest BCUT2D eigenvalue weighted by Crippen LogP contribution is -2.54. The Kier molecular flexibility index (Phi) is 8.57. The smallest absolute Gasteiger partial charge is 0.347 e. The third-order valence-corrected chi connectivity index (χ3v) is 13.6. The number of nitrogens with zero attached hydrogens (tertiary/aromatic N) is 1. The molecule has 3 fully saturated rings. The summed E-state index contributed by atoms with van der Waals surface area (Å²) in [6, 6.07) is 8.84. The summed E-state index contributed by atoms with van der Waals surface area (Å²) >= 11 is 0. The lowest BCUT2D eigenvalue weighted by atomic mass is 9.46.